The van der Waals surface area contributed by atoms with Crippen LogP contribution >= 0.6 is 0 Å². The number of rotatable bonds is 2. The fourth-order valence-corrected chi connectivity index (χ4v) is 1.13. The van der Waals surface area contributed by atoms with Gasteiger partial charge in [-0.1, -0.05) is 0 Å². The van der Waals surface area contributed by atoms with Crippen molar-refractivity contribution in [2.45, 2.75) is 24.7 Å². The first-order valence-corrected chi connectivity index (χ1v) is 3.42. The molecule has 1 heterocycles. The zero-order valence-corrected chi connectivity index (χ0v) is 5.73. The molecular formula is C6H13NO3. The van der Waals surface area contributed by atoms with Gasteiger partial charge < -0.3 is 20.7 Å². The standard InChI is InChI=1S/C6H13NO3/c7-4-1-2-10-6(4)5(9)3-8/h4-6,8-9H,1-3,7H2/t4-,5?,6?/m0/s1. The smallest absolute Gasteiger partial charge is 0.105 e. The van der Waals surface area contributed by atoms with Crippen LogP contribution in [-0.4, -0.2) is 41.7 Å². The fourth-order valence-electron chi connectivity index (χ4n) is 1.13. The Balaban J connectivity index is 2.38. The van der Waals surface area contributed by atoms with Crippen LogP contribution in [0.25, 0.3) is 0 Å². The van der Waals surface area contributed by atoms with Gasteiger partial charge in [0.1, 0.15) is 12.2 Å². The predicted octanol–water partition coefficient (Wildman–Crippen LogP) is -1.54. The molecular weight excluding hydrogens is 134 g/mol. The van der Waals surface area contributed by atoms with Gasteiger partial charge in [0, 0.05) is 12.6 Å². The summed E-state index contributed by atoms with van der Waals surface area (Å²) in [5.41, 5.74) is 5.56. The van der Waals surface area contributed by atoms with Gasteiger partial charge in [-0.3, -0.25) is 0 Å². The van der Waals surface area contributed by atoms with E-state index in [2.05, 4.69) is 0 Å². The Labute approximate surface area is 59.6 Å². The lowest BCUT2D eigenvalue weighted by Crippen LogP contribution is -2.41. The molecule has 1 fully saturated rings. The van der Waals surface area contributed by atoms with Gasteiger partial charge >= 0.3 is 0 Å². The second kappa shape index (κ2) is 3.30. The van der Waals surface area contributed by atoms with Gasteiger partial charge in [0.25, 0.3) is 0 Å². The Hall–Kier alpha value is -0.160. The van der Waals surface area contributed by atoms with Crippen molar-refractivity contribution in [2.24, 2.45) is 5.73 Å². The van der Waals surface area contributed by atoms with Gasteiger partial charge in [0.15, 0.2) is 0 Å². The molecule has 10 heavy (non-hydrogen) atoms. The number of ether oxygens (including phenoxy) is 1. The van der Waals surface area contributed by atoms with E-state index in [1.54, 1.807) is 0 Å². The summed E-state index contributed by atoms with van der Waals surface area (Å²) in [4.78, 5) is 0. The van der Waals surface area contributed by atoms with Gasteiger partial charge in [-0.2, -0.15) is 0 Å². The highest BCUT2D eigenvalue weighted by atomic mass is 16.5. The highest BCUT2D eigenvalue weighted by Crippen LogP contribution is 2.14. The van der Waals surface area contributed by atoms with Gasteiger partial charge in [-0.05, 0) is 6.42 Å². The normalized spacial score (nSPS) is 36.3. The minimum atomic E-state index is -0.822. The molecule has 0 spiro atoms. The molecule has 0 saturated carbocycles. The first-order chi connectivity index (χ1) is 4.75. The third-order valence-electron chi connectivity index (χ3n) is 1.75. The Morgan fingerprint density at radius 1 is 1.70 bits per heavy atom. The van der Waals surface area contributed by atoms with Gasteiger partial charge in [0.05, 0.1) is 6.61 Å². The minimum Gasteiger partial charge on any atom is -0.394 e. The maximum absolute atomic E-state index is 9.07. The Bertz CT molecular complexity index is 109. The second-order valence-corrected chi connectivity index (χ2v) is 2.54. The van der Waals surface area contributed by atoms with Crippen LogP contribution in [0.2, 0.25) is 0 Å². The van der Waals surface area contributed by atoms with Crippen LogP contribution < -0.4 is 5.73 Å². The summed E-state index contributed by atoms with van der Waals surface area (Å²) in [5, 5.41) is 17.6. The number of hydrogen-bond acceptors (Lipinski definition) is 4. The highest BCUT2D eigenvalue weighted by molar-refractivity contribution is 4.84. The van der Waals surface area contributed by atoms with Crippen molar-refractivity contribution in [3.05, 3.63) is 0 Å². The molecule has 1 rings (SSSR count). The first kappa shape index (κ1) is 7.94. The second-order valence-electron chi connectivity index (χ2n) is 2.54. The summed E-state index contributed by atoms with van der Waals surface area (Å²) in [5.74, 6) is 0. The van der Waals surface area contributed by atoms with Crippen molar-refractivity contribution in [1.82, 2.24) is 0 Å². The van der Waals surface area contributed by atoms with Crippen molar-refractivity contribution in [2.75, 3.05) is 13.2 Å². The van der Waals surface area contributed by atoms with Crippen molar-refractivity contribution in [1.29, 1.82) is 0 Å². The SMILES string of the molecule is N[C@H]1CCOC1C(O)CO. The zero-order chi connectivity index (χ0) is 7.56. The molecule has 0 aromatic heterocycles. The minimum absolute atomic E-state index is 0.123. The van der Waals surface area contributed by atoms with Crippen molar-refractivity contribution in [3.63, 3.8) is 0 Å². The monoisotopic (exact) mass is 147 g/mol. The molecule has 1 aliphatic heterocycles. The summed E-state index contributed by atoms with van der Waals surface area (Å²) in [6.45, 7) is 0.307. The van der Waals surface area contributed by atoms with E-state index >= 15 is 0 Å². The lowest BCUT2D eigenvalue weighted by atomic mass is 10.1. The number of hydrogen-bond donors (Lipinski definition) is 3. The molecule has 0 aromatic rings. The van der Waals surface area contributed by atoms with Crippen molar-refractivity contribution in [3.8, 4) is 0 Å². The third kappa shape index (κ3) is 1.46. The molecule has 3 atom stereocenters. The van der Waals surface area contributed by atoms with Crippen LogP contribution in [0.1, 0.15) is 6.42 Å². The summed E-state index contributed by atoms with van der Waals surface area (Å²) >= 11 is 0. The van der Waals surface area contributed by atoms with E-state index in [-0.39, 0.29) is 18.8 Å². The number of nitrogens with two attached hydrogens (primary N) is 1. The lowest BCUT2D eigenvalue weighted by molar-refractivity contribution is -0.0331. The maximum atomic E-state index is 9.07. The molecule has 0 radical (unpaired) electrons. The average Bonchev–Trinajstić information content (AvgIpc) is 2.34. The zero-order valence-electron chi connectivity index (χ0n) is 5.73. The van der Waals surface area contributed by atoms with Crippen LogP contribution in [0.5, 0.6) is 0 Å². The molecule has 1 aliphatic rings. The molecule has 4 heteroatoms. The fraction of sp³-hybridized carbons (Fsp3) is 1.00. The lowest BCUT2D eigenvalue weighted by Gasteiger charge is -2.18. The van der Waals surface area contributed by atoms with Gasteiger partial charge in [-0.25, -0.2) is 0 Å². The molecule has 4 nitrogen and oxygen atoms in total. The average molecular weight is 147 g/mol. The molecule has 0 amide bonds. The van der Waals surface area contributed by atoms with Crippen LogP contribution in [0.3, 0.4) is 0 Å². The Morgan fingerprint density at radius 3 is 2.80 bits per heavy atom. The molecule has 60 valence electrons. The number of aliphatic hydroxyl groups excluding tert-OH is 2. The molecule has 1 saturated heterocycles. The third-order valence-corrected chi connectivity index (χ3v) is 1.75. The number of aliphatic hydroxyl groups is 2. The topological polar surface area (TPSA) is 75.7 Å². The molecule has 0 aliphatic carbocycles. The van der Waals surface area contributed by atoms with E-state index in [0.717, 1.165) is 6.42 Å². The van der Waals surface area contributed by atoms with Gasteiger partial charge in [-0.15, -0.1) is 0 Å². The van der Waals surface area contributed by atoms with Crippen molar-refractivity contribution < 1.29 is 14.9 Å². The van der Waals surface area contributed by atoms with E-state index in [1.807, 2.05) is 0 Å². The molecule has 0 aromatic carbocycles. The maximum Gasteiger partial charge on any atom is 0.105 e. The van der Waals surface area contributed by atoms with Crippen molar-refractivity contribution >= 4 is 0 Å². The van der Waals surface area contributed by atoms with Crippen LogP contribution in [0.4, 0.5) is 0 Å². The summed E-state index contributed by atoms with van der Waals surface area (Å²) in [7, 11) is 0. The first-order valence-electron chi connectivity index (χ1n) is 3.42. The summed E-state index contributed by atoms with van der Waals surface area (Å²) in [6.07, 6.45) is -0.427. The van der Waals surface area contributed by atoms with E-state index in [1.165, 1.54) is 0 Å². The predicted molar refractivity (Wildman–Crippen MR) is 35.4 cm³/mol. The molecule has 4 N–H and O–H groups in total. The van der Waals surface area contributed by atoms with Crippen LogP contribution in [0.15, 0.2) is 0 Å². The van der Waals surface area contributed by atoms with E-state index in [9.17, 15) is 0 Å². The summed E-state index contributed by atoms with van der Waals surface area (Å²) in [6, 6.07) is -0.123. The summed E-state index contributed by atoms with van der Waals surface area (Å²) < 4.78 is 5.08. The van der Waals surface area contributed by atoms with E-state index in [0.29, 0.717) is 6.61 Å². The quantitative estimate of drug-likeness (QED) is 0.442. The highest BCUT2D eigenvalue weighted by Gasteiger charge is 2.30. The van der Waals surface area contributed by atoms with E-state index < -0.39 is 6.10 Å². The van der Waals surface area contributed by atoms with E-state index in [4.69, 9.17) is 20.7 Å². The largest absolute Gasteiger partial charge is 0.394 e. The van der Waals surface area contributed by atoms with Crippen LogP contribution in [-0.2, 0) is 4.74 Å². The molecule has 0 bridgehead atoms. The Kier molecular flexibility index (Phi) is 2.62. The molecule has 2 unspecified atom stereocenters. The Morgan fingerprint density at radius 2 is 2.40 bits per heavy atom. The van der Waals surface area contributed by atoms with Gasteiger partial charge in [0.2, 0.25) is 0 Å². The van der Waals surface area contributed by atoms with Crippen LogP contribution in [0, 0.1) is 0 Å².